The molecule has 23 heavy (non-hydrogen) atoms. The van der Waals surface area contributed by atoms with Gasteiger partial charge in [-0.1, -0.05) is 44.9 Å². The van der Waals surface area contributed by atoms with Crippen molar-refractivity contribution in [3.8, 4) is 0 Å². The lowest BCUT2D eigenvalue weighted by Gasteiger charge is -2.26. The first kappa shape index (κ1) is 22.4. The van der Waals surface area contributed by atoms with Gasteiger partial charge in [-0.3, -0.25) is 0 Å². The van der Waals surface area contributed by atoms with E-state index in [2.05, 4.69) is 4.74 Å². The van der Waals surface area contributed by atoms with Crippen LogP contribution < -0.4 is 0 Å². The smallest absolute Gasteiger partial charge is 0.396 e. The Balaban J connectivity index is 3.81. The molecule has 0 aromatic carbocycles. The molecule has 0 aliphatic heterocycles. The van der Waals surface area contributed by atoms with Crippen LogP contribution in [0, 0.1) is 0 Å². The molecule has 0 aliphatic rings. The lowest BCUT2D eigenvalue weighted by atomic mass is 10.0. The molecule has 0 saturated heterocycles. The van der Waals surface area contributed by atoms with Gasteiger partial charge in [-0.05, 0) is 12.8 Å². The van der Waals surface area contributed by atoms with E-state index in [0.29, 0.717) is 6.42 Å². The zero-order valence-corrected chi connectivity index (χ0v) is 12.8. The highest BCUT2D eigenvalue weighted by atomic mass is 19.4. The van der Waals surface area contributed by atoms with Gasteiger partial charge in [0.05, 0.1) is 0 Å². The first-order valence-corrected chi connectivity index (χ1v) is 7.65. The second-order valence-corrected chi connectivity index (χ2v) is 5.42. The van der Waals surface area contributed by atoms with E-state index in [9.17, 15) is 30.7 Å². The Morgan fingerprint density at radius 1 is 0.609 bits per heavy atom. The zero-order chi connectivity index (χ0) is 18.0. The molecule has 0 aromatic heterocycles. The van der Waals surface area contributed by atoms with Crippen molar-refractivity contribution in [2.24, 2.45) is 0 Å². The van der Waals surface area contributed by atoms with Crippen LogP contribution in [0.2, 0.25) is 0 Å². The van der Waals surface area contributed by atoms with Crippen LogP contribution in [-0.2, 0) is 4.74 Å². The highest BCUT2D eigenvalue weighted by Crippen LogP contribution is 2.42. The molecule has 0 aromatic rings. The van der Waals surface area contributed by atoms with Gasteiger partial charge in [0.25, 0.3) is 0 Å². The van der Waals surface area contributed by atoms with Crippen LogP contribution in [0.15, 0.2) is 0 Å². The van der Waals surface area contributed by atoms with Crippen LogP contribution in [0.3, 0.4) is 0 Å². The number of hydrogen-bond acceptors (Lipinski definition) is 2. The van der Waals surface area contributed by atoms with Crippen LogP contribution in [0.4, 0.5) is 30.7 Å². The van der Waals surface area contributed by atoms with Crippen molar-refractivity contribution in [2.45, 2.75) is 82.6 Å². The molecular formula is C14H23F7O2. The minimum Gasteiger partial charge on any atom is -0.396 e. The number of ether oxygens (including phenoxy) is 1. The van der Waals surface area contributed by atoms with Crippen molar-refractivity contribution in [1.29, 1.82) is 0 Å². The first-order valence-electron chi connectivity index (χ1n) is 7.65. The number of unbranched alkanes of at least 4 members (excludes halogenated alkanes) is 8. The second kappa shape index (κ2) is 10.3. The lowest BCUT2D eigenvalue weighted by molar-refractivity contribution is -0.466. The summed E-state index contributed by atoms with van der Waals surface area (Å²) in [5.74, 6) is -4.85. The number of hydrogen-bond donors (Lipinski definition) is 1. The van der Waals surface area contributed by atoms with Crippen molar-refractivity contribution >= 4 is 0 Å². The SMILES string of the molecule is OCCCCCCCCCCCC(F)(F)C(F)(F)OC(F)(F)F. The van der Waals surface area contributed by atoms with E-state index in [1.165, 1.54) is 0 Å². The molecule has 0 spiro atoms. The van der Waals surface area contributed by atoms with Gasteiger partial charge in [0.2, 0.25) is 0 Å². The third kappa shape index (κ3) is 10.8. The Kier molecular flexibility index (Phi) is 10.1. The molecule has 0 atom stereocenters. The number of halogens is 7. The highest BCUT2D eigenvalue weighted by Gasteiger charge is 2.62. The molecule has 9 heteroatoms. The Morgan fingerprint density at radius 2 is 1.00 bits per heavy atom. The molecule has 1 N–H and O–H groups in total. The monoisotopic (exact) mass is 356 g/mol. The van der Waals surface area contributed by atoms with Gasteiger partial charge < -0.3 is 5.11 Å². The van der Waals surface area contributed by atoms with Crippen molar-refractivity contribution < 1.29 is 40.6 Å². The quantitative estimate of drug-likeness (QED) is 0.342. The van der Waals surface area contributed by atoms with Crippen LogP contribution in [0.25, 0.3) is 0 Å². The van der Waals surface area contributed by atoms with E-state index < -0.39 is 24.8 Å². The van der Waals surface area contributed by atoms with Gasteiger partial charge >= 0.3 is 18.4 Å². The summed E-state index contributed by atoms with van der Waals surface area (Å²) in [6, 6.07) is 0. The zero-order valence-electron chi connectivity index (χ0n) is 12.8. The lowest BCUT2D eigenvalue weighted by Crippen LogP contribution is -2.46. The minimum atomic E-state index is -5.82. The third-order valence-corrected chi connectivity index (χ3v) is 3.32. The van der Waals surface area contributed by atoms with Crippen LogP contribution in [-0.4, -0.2) is 30.1 Å². The molecule has 0 fully saturated rings. The first-order chi connectivity index (χ1) is 10.5. The Bertz CT molecular complexity index is 306. The van der Waals surface area contributed by atoms with Gasteiger partial charge in [0.1, 0.15) is 0 Å². The fourth-order valence-electron chi connectivity index (χ4n) is 2.06. The second-order valence-electron chi connectivity index (χ2n) is 5.42. The highest BCUT2D eigenvalue weighted by molar-refractivity contribution is 4.77. The van der Waals surface area contributed by atoms with Gasteiger partial charge in [-0.15, -0.1) is 13.2 Å². The van der Waals surface area contributed by atoms with Crippen LogP contribution >= 0.6 is 0 Å². The summed E-state index contributed by atoms with van der Waals surface area (Å²) in [6.45, 7) is 0.150. The van der Waals surface area contributed by atoms with E-state index in [0.717, 1.165) is 38.5 Å². The minimum absolute atomic E-state index is 0.150. The van der Waals surface area contributed by atoms with Gasteiger partial charge in [-0.25, -0.2) is 4.74 Å². The maximum Gasteiger partial charge on any atom is 0.527 e. The molecule has 140 valence electrons. The van der Waals surface area contributed by atoms with Crippen molar-refractivity contribution in [2.75, 3.05) is 6.61 Å². The fourth-order valence-corrected chi connectivity index (χ4v) is 2.06. The van der Waals surface area contributed by atoms with Crippen molar-refractivity contribution in [1.82, 2.24) is 0 Å². The van der Waals surface area contributed by atoms with E-state index >= 15 is 0 Å². The van der Waals surface area contributed by atoms with E-state index in [1.54, 1.807) is 0 Å². The molecule has 2 nitrogen and oxygen atoms in total. The molecule has 0 radical (unpaired) electrons. The number of rotatable bonds is 13. The summed E-state index contributed by atoms with van der Waals surface area (Å²) in [7, 11) is 0. The summed E-state index contributed by atoms with van der Waals surface area (Å²) in [5.41, 5.74) is 0. The topological polar surface area (TPSA) is 29.5 Å². The number of aliphatic hydroxyl groups is 1. The molecule has 0 heterocycles. The Labute approximate surface area is 131 Å². The third-order valence-electron chi connectivity index (χ3n) is 3.32. The summed E-state index contributed by atoms with van der Waals surface area (Å²) < 4.78 is 88.9. The average molecular weight is 356 g/mol. The van der Waals surface area contributed by atoms with Crippen LogP contribution in [0.5, 0.6) is 0 Å². The van der Waals surface area contributed by atoms with E-state index in [-0.39, 0.29) is 19.4 Å². The van der Waals surface area contributed by atoms with Gasteiger partial charge in [0.15, 0.2) is 0 Å². The molecular weight excluding hydrogens is 333 g/mol. The molecule has 0 amide bonds. The summed E-state index contributed by atoms with van der Waals surface area (Å²) >= 11 is 0. The predicted octanol–water partition coefficient (Wildman–Crippen LogP) is 5.64. The van der Waals surface area contributed by atoms with Gasteiger partial charge in [0, 0.05) is 13.0 Å². The van der Waals surface area contributed by atoms with E-state index in [1.807, 2.05) is 0 Å². The number of aliphatic hydroxyl groups excluding tert-OH is 1. The Hall–Kier alpha value is -0.570. The molecule has 0 aliphatic carbocycles. The molecule has 0 saturated carbocycles. The van der Waals surface area contributed by atoms with Crippen molar-refractivity contribution in [3.63, 3.8) is 0 Å². The summed E-state index contributed by atoms with van der Waals surface area (Å²) in [5, 5.41) is 8.57. The van der Waals surface area contributed by atoms with Crippen molar-refractivity contribution in [3.05, 3.63) is 0 Å². The molecule has 0 bridgehead atoms. The average Bonchev–Trinajstić information content (AvgIpc) is 2.38. The largest absolute Gasteiger partial charge is 0.527 e. The predicted molar refractivity (Wildman–Crippen MR) is 70.3 cm³/mol. The number of alkyl halides is 7. The Morgan fingerprint density at radius 3 is 1.39 bits per heavy atom. The van der Waals surface area contributed by atoms with E-state index in [4.69, 9.17) is 5.11 Å². The summed E-state index contributed by atoms with van der Waals surface area (Å²) in [4.78, 5) is 0. The molecule has 0 rings (SSSR count). The normalized spacial score (nSPS) is 13.6. The maximum atomic E-state index is 13.1. The summed E-state index contributed by atoms with van der Waals surface area (Å²) in [6.07, 6.45) is -7.05. The maximum absolute atomic E-state index is 13.1. The molecule has 0 unspecified atom stereocenters. The van der Waals surface area contributed by atoms with Gasteiger partial charge in [-0.2, -0.15) is 17.6 Å². The standard InChI is InChI=1S/C14H23F7O2/c15-12(16,13(17,18)23-14(19,20)21)10-8-6-4-2-1-3-5-7-9-11-22/h22H,1-11H2. The van der Waals surface area contributed by atoms with Crippen LogP contribution in [0.1, 0.15) is 64.2 Å². The fraction of sp³-hybridized carbons (Fsp3) is 1.00.